The first kappa shape index (κ1) is 11.4. The van der Waals surface area contributed by atoms with E-state index in [1.54, 1.807) is 11.3 Å². The van der Waals surface area contributed by atoms with Crippen LogP contribution in [0.1, 0.15) is 42.8 Å². The molecule has 0 saturated heterocycles. The van der Waals surface area contributed by atoms with Crippen LogP contribution in [0.4, 0.5) is 0 Å². The van der Waals surface area contributed by atoms with Gasteiger partial charge in [-0.15, -0.1) is 22.9 Å². The van der Waals surface area contributed by atoms with Crippen molar-refractivity contribution in [2.75, 3.05) is 0 Å². The summed E-state index contributed by atoms with van der Waals surface area (Å²) in [4.78, 5) is 4.47. The highest BCUT2D eigenvalue weighted by atomic mass is 35.5. The van der Waals surface area contributed by atoms with Gasteiger partial charge >= 0.3 is 0 Å². The van der Waals surface area contributed by atoms with Gasteiger partial charge in [-0.3, -0.25) is 0 Å². The van der Waals surface area contributed by atoms with Crippen molar-refractivity contribution >= 4 is 22.9 Å². The van der Waals surface area contributed by atoms with Crippen LogP contribution in [0.2, 0.25) is 0 Å². The fourth-order valence-electron chi connectivity index (χ4n) is 2.33. The van der Waals surface area contributed by atoms with Crippen LogP contribution in [0.3, 0.4) is 0 Å². The second kappa shape index (κ2) is 5.31. The van der Waals surface area contributed by atoms with E-state index < -0.39 is 0 Å². The Kier molecular flexibility index (Phi) is 4.04. The smallest absolute Gasteiger partial charge is 0.0928 e. The first-order chi connectivity index (χ1) is 7.25. The number of aromatic nitrogens is 1. The van der Waals surface area contributed by atoms with Crippen LogP contribution >= 0.6 is 22.9 Å². The molecule has 1 aromatic rings. The molecule has 84 valence electrons. The minimum absolute atomic E-state index is 0.372. The standard InChI is InChI=1S/C12H18ClNS/c1-9-8-15-12(14-9)7-6-11(13)10-4-2-3-5-10/h8,10-11H,2-7H2,1H3. The molecule has 2 rings (SSSR count). The summed E-state index contributed by atoms with van der Waals surface area (Å²) in [7, 11) is 0. The maximum atomic E-state index is 6.42. The monoisotopic (exact) mass is 243 g/mol. The molecule has 1 atom stereocenters. The molecule has 1 aromatic heterocycles. The van der Waals surface area contributed by atoms with E-state index in [1.165, 1.54) is 30.7 Å². The lowest BCUT2D eigenvalue weighted by Crippen LogP contribution is -2.12. The number of hydrogen-bond donors (Lipinski definition) is 0. The van der Waals surface area contributed by atoms with E-state index in [-0.39, 0.29) is 0 Å². The average Bonchev–Trinajstić information content (AvgIpc) is 2.84. The zero-order valence-corrected chi connectivity index (χ0v) is 10.8. The van der Waals surface area contributed by atoms with Crippen LogP contribution in [0.25, 0.3) is 0 Å². The fraction of sp³-hybridized carbons (Fsp3) is 0.750. The molecule has 0 aromatic carbocycles. The maximum Gasteiger partial charge on any atom is 0.0928 e. The minimum Gasteiger partial charge on any atom is -0.247 e. The molecule has 1 aliphatic rings. The Labute approximate surface area is 101 Å². The molecule has 1 saturated carbocycles. The van der Waals surface area contributed by atoms with Gasteiger partial charge in [0.25, 0.3) is 0 Å². The minimum atomic E-state index is 0.372. The quantitative estimate of drug-likeness (QED) is 0.723. The van der Waals surface area contributed by atoms with Gasteiger partial charge in [0.05, 0.1) is 5.01 Å². The highest BCUT2D eigenvalue weighted by Crippen LogP contribution is 2.32. The molecule has 15 heavy (non-hydrogen) atoms. The Morgan fingerprint density at radius 1 is 1.53 bits per heavy atom. The van der Waals surface area contributed by atoms with Gasteiger partial charge in [-0.2, -0.15) is 0 Å². The zero-order valence-electron chi connectivity index (χ0n) is 9.21. The lowest BCUT2D eigenvalue weighted by atomic mass is 10.0. The Morgan fingerprint density at radius 3 is 2.87 bits per heavy atom. The average molecular weight is 244 g/mol. The first-order valence-electron chi connectivity index (χ1n) is 5.81. The van der Waals surface area contributed by atoms with Crippen molar-refractivity contribution in [2.24, 2.45) is 5.92 Å². The highest BCUT2D eigenvalue weighted by Gasteiger charge is 2.23. The topological polar surface area (TPSA) is 12.9 Å². The number of nitrogens with zero attached hydrogens (tertiary/aromatic N) is 1. The van der Waals surface area contributed by atoms with Crippen molar-refractivity contribution in [3.05, 3.63) is 16.1 Å². The van der Waals surface area contributed by atoms with Gasteiger partial charge in [0.2, 0.25) is 0 Å². The van der Waals surface area contributed by atoms with Crippen LogP contribution in [-0.2, 0) is 6.42 Å². The Bertz CT molecular complexity index is 304. The van der Waals surface area contributed by atoms with Crippen LogP contribution in [0, 0.1) is 12.8 Å². The summed E-state index contributed by atoms with van der Waals surface area (Å²) in [6, 6.07) is 0. The maximum absolute atomic E-state index is 6.42. The molecule has 1 aliphatic carbocycles. The molecule has 0 spiro atoms. The molecule has 0 N–H and O–H groups in total. The van der Waals surface area contributed by atoms with Crippen LogP contribution in [0.5, 0.6) is 0 Å². The molecule has 1 unspecified atom stereocenters. The predicted molar refractivity (Wildman–Crippen MR) is 66.8 cm³/mol. The summed E-state index contributed by atoms with van der Waals surface area (Å²) < 4.78 is 0. The van der Waals surface area contributed by atoms with Gasteiger partial charge in [-0.05, 0) is 32.1 Å². The number of rotatable bonds is 4. The van der Waals surface area contributed by atoms with E-state index in [9.17, 15) is 0 Å². The van der Waals surface area contributed by atoms with Crippen molar-refractivity contribution in [1.29, 1.82) is 0 Å². The largest absolute Gasteiger partial charge is 0.247 e. The fourth-order valence-corrected chi connectivity index (χ4v) is 3.49. The van der Waals surface area contributed by atoms with Crippen molar-refractivity contribution in [1.82, 2.24) is 4.98 Å². The number of aryl methyl sites for hydroxylation is 2. The second-order valence-electron chi connectivity index (χ2n) is 4.48. The third-order valence-corrected chi connectivity index (χ3v) is 4.81. The van der Waals surface area contributed by atoms with E-state index >= 15 is 0 Å². The van der Waals surface area contributed by atoms with Crippen LogP contribution in [-0.4, -0.2) is 10.4 Å². The molecule has 0 amide bonds. The highest BCUT2D eigenvalue weighted by molar-refractivity contribution is 7.09. The Hall–Kier alpha value is -0.0800. The molecule has 1 nitrogen and oxygen atoms in total. The summed E-state index contributed by atoms with van der Waals surface area (Å²) in [5, 5.41) is 3.74. The first-order valence-corrected chi connectivity index (χ1v) is 7.12. The van der Waals surface area contributed by atoms with E-state index in [0.717, 1.165) is 24.5 Å². The van der Waals surface area contributed by atoms with E-state index in [1.807, 2.05) is 0 Å². The summed E-state index contributed by atoms with van der Waals surface area (Å²) in [5.41, 5.74) is 1.14. The van der Waals surface area contributed by atoms with Gasteiger partial charge in [0.1, 0.15) is 0 Å². The molecular formula is C12H18ClNS. The molecule has 0 bridgehead atoms. The SMILES string of the molecule is Cc1csc(CCC(Cl)C2CCCC2)n1. The van der Waals surface area contributed by atoms with Crippen molar-refractivity contribution in [3.8, 4) is 0 Å². The molecule has 0 radical (unpaired) electrons. The van der Waals surface area contributed by atoms with Crippen molar-refractivity contribution in [2.45, 2.75) is 50.8 Å². The second-order valence-corrected chi connectivity index (χ2v) is 5.99. The molecule has 3 heteroatoms. The molecule has 1 heterocycles. The molecule has 1 fully saturated rings. The lowest BCUT2D eigenvalue weighted by molar-refractivity contribution is 0.492. The lowest BCUT2D eigenvalue weighted by Gasteiger charge is -2.15. The van der Waals surface area contributed by atoms with Crippen molar-refractivity contribution in [3.63, 3.8) is 0 Å². The van der Waals surface area contributed by atoms with Gasteiger partial charge in [0, 0.05) is 22.9 Å². The predicted octanol–water partition coefficient (Wildman–Crippen LogP) is 4.18. The van der Waals surface area contributed by atoms with Crippen molar-refractivity contribution < 1.29 is 0 Å². The zero-order chi connectivity index (χ0) is 10.7. The van der Waals surface area contributed by atoms with E-state index in [2.05, 4.69) is 17.3 Å². The Morgan fingerprint density at radius 2 is 2.27 bits per heavy atom. The number of alkyl halides is 1. The summed E-state index contributed by atoms with van der Waals surface area (Å²) in [6.07, 6.45) is 7.59. The summed E-state index contributed by atoms with van der Waals surface area (Å²) in [5.74, 6) is 0.771. The number of halogens is 1. The molecular weight excluding hydrogens is 226 g/mol. The Balaban J connectivity index is 1.77. The third kappa shape index (κ3) is 3.18. The van der Waals surface area contributed by atoms with Crippen LogP contribution < -0.4 is 0 Å². The molecule has 0 aliphatic heterocycles. The van der Waals surface area contributed by atoms with E-state index in [4.69, 9.17) is 11.6 Å². The van der Waals surface area contributed by atoms with Gasteiger partial charge < -0.3 is 0 Å². The van der Waals surface area contributed by atoms with Crippen LogP contribution in [0.15, 0.2) is 5.38 Å². The summed E-state index contributed by atoms with van der Waals surface area (Å²) >= 11 is 8.18. The number of hydrogen-bond acceptors (Lipinski definition) is 2. The normalized spacial score (nSPS) is 19.6. The summed E-state index contributed by atoms with van der Waals surface area (Å²) in [6.45, 7) is 2.05. The van der Waals surface area contributed by atoms with Gasteiger partial charge in [0.15, 0.2) is 0 Å². The number of thiazole rings is 1. The van der Waals surface area contributed by atoms with Gasteiger partial charge in [-0.25, -0.2) is 4.98 Å². The third-order valence-electron chi connectivity index (χ3n) is 3.21. The van der Waals surface area contributed by atoms with Gasteiger partial charge in [-0.1, -0.05) is 12.8 Å². The van der Waals surface area contributed by atoms with E-state index in [0.29, 0.717) is 5.38 Å².